The number of hydrogen-bond acceptors (Lipinski definition) is 1. The van der Waals surface area contributed by atoms with E-state index in [-0.39, 0.29) is 11.9 Å². The van der Waals surface area contributed by atoms with Gasteiger partial charge in [0.2, 0.25) is 0 Å². The maximum Gasteiger partial charge on any atom is 0.131 e. The summed E-state index contributed by atoms with van der Waals surface area (Å²) < 4.78 is 14.1. The molecule has 0 saturated heterocycles. The van der Waals surface area contributed by atoms with Crippen LogP contribution in [0.1, 0.15) is 35.2 Å². The van der Waals surface area contributed by atoms with Gasteiger partial charge in [-0.15, -0.1) is 0 Å². The first-order chi connectivity index (χ1) is 8.90. The van der Waals surface area contributed by atoms with Gasteiger partial charge >= 0.3 is 0 Å². The number of nitrogens with two attached hydrogens (primary N) is 1. The minimum absolute atomic E-state index is 0.0922. The number of halogens is 1. The Morgan fingerprint density at radius 1 is 1.00 bits per heavy atom. The van der Waals surface area contributed by atoms with Crippen molar-refractivity contribution in [1.29, 1.82) is 0 Å². The van der Waals surface area contributed by atoms with E-state index in [1.165, 1.54) is 11.6 Å². The van der Waals surface area contributed by atoms with E-state index in [2.05, 4.69) is 19.1 Å². The maximum absolute atomic E-state index is 14.1. The minimum atomic E-state index is -0.195. The summed E-state index contributed by atoms with van der Waals surface area (Å²) in [5.74, 6) is -0.195. The number of rotatable bonds is 2. The van der Waals surface area contributed by atoms with Crippen molar-refractivity contribution in [3.8, 4) is 11.1 Å². The molecule has 0 heterocycles. The van der Waals surface area contributed by atoms with Crippen LogP contribution in [0.15, 0.2) is 30.3 Å². The van der Waals surface area contributed by atoms with Crippen LogP contribution >= 0.6 is 0 Å². The van der Waals surface area contributed by atoms with Gasteiger partial charge in [0.25, 0.3) is 0 Å². The van der Waals surface area contributed by atoms with E-state index in [0.29, 0.717) is 5.56 Å². The molecule has 0 fully saturated rings. The zero-order chi connectivity index (χ0) is 14.2. The van der Waals surface area contributed by atoms with E-state index in [1.807, 2.05) is 26.8 Å². The van der Waals surface area contributed by atoms with Crippen molar-refractivity contribution in [2.75, 3.05) is 0 Å². The van der Waals surface area contributed by atoms with Crippen molar-refractivity contribution < 1.29 is 4.39 Å². The van der Waals surface area contributed by atoms with Gasteiger partial charge in [-0.2, -0.15) is 0 Å². The number of hydrogen-bond donors (Lipinski definition) is 1. The van der Waals surface area contributed by atoms with E-state index in [4.69, 9.17) is 5.73 Å². The third-order valence-corrected chi connectivity index (χ3v) is 3.46. The van der Waals surface area contributed by atoms with E-state index < -0.39 is 0 Å². The zero-order valence-corrected chi connectivity index (χ0v) is 11.9. The second-order valence-corrected chi connectivity index (χ2v) is 5.30. The van der Waals surface area contributed by atoms with Crippen LogP contribution in [0, 0.1) is 26.6 Å². The Balaban J connectivity index is 2.68. The average molecular weight is 257 g/mol. The largest absolute Gasteiger partial charge is 0.324 e. The van der Waals surface area contributed by atoms with Crippen LogP contribution in [0.3, 0.4) is 0 Å². The summed E-state index contributed by atoms with van der Waals surface area (Å²) >= 11 is 0. The molecule has 0 bridgehead atoms. The van der Waals surface area contributed by atoms with E-state index in [0.717, 1.165) is 22.3 Å². The lowest BCUT2D eigenvalue weighted by atomic mass is 9.92. The van der Waals surface area contributed by atoms with Gasteiger partial charge in [0.15, 0.2) is 0 Å². The predicted octanol–water partition coefficient (Wildman–Crippen LogP) is 4.44. The average Bonchev–Trinajstić information content (AvgIpc) is 2.29. The second kappa shape index (κ2) is 5.14. The van der Waals surface area contributed by atoms with Gasteiger partial charge in [0.1, 0.15) is 5.82 Å². The van der Waals surface area contributed by atoms with Gasteiger partial charge in [-0.1, -0.05) is 23.8 Å². The zero-order valence-electron chi connectivity index (χ0n) is 11.9. The predicted molar refractivity (Wildman–Crippen MR) is 78.6 cm³/mol. The normalized spacial score (nSPS) is 12.5. The molecule has 19 heavy (non-hydrogen) atoms. The third kappa shape index (κ3) is 2.69. The Morgan fingerprint density at radius 2 is 1.58 bits per heavy atom. The Bertz CT molecular complexity index is 592. The highest BCUT2D eigenvalue weighted by Crippen LogP contribution is 2.32. The summed E-state index contributed by atoms with van der Waals surface area (Å²) in [6.07, 6.45) is 0. The fourth-order valence-electron chi connectivity index (χ4n) is 2.62. The molecule has 2 N–H and O–H groups in total. The van der Waals surface area contributed by atoms with Crippen molar-refractivity contribution in [1.82, 2.24) is 0 Å². The topological polar surface area (TPSA) is 26.0 Å². The molecular formula is C17H20FN. The second-order valence-electron chi connectivity index (χ2n) is 5.30. The van der Waals surface area contributed by atoms with Crippen LogP contribution in [0.25, 0.3) is 11.1 Å². The molecule has 1 atom stereocenters. The summed E-state index contributed by atoms with van der Waals surface area (Å²) in [4.78, 5) is 0. The highest BCUT2D eigenvalue weighted by molar-refractivity contribution is 5.72. The molecule has 0 amide bonds. The molecule has 0 spiro atoms. The molecule has 0 aliphatic carbocycles. The van der Waals surface area contributed by atoms with Crippen LogP contribution in [-0.2, 0) is 0 Å². The van der Waals surface area contributed by atoms with Crippen molar-refractivity contribution in [2.24, 2.45) is 5.73 Å². The lowest BCUT2D eigenvalue weighted by Gasteiger charge is -2.15. The fourth-order valence-corrected chi connectivity index (χ4v) is 2.62. The highest BCUT2D eigenvalue weighted by atomic mass is 19.1. The maximum atomic E-state index is 14.1. The summed E-state index contributed by atoms with van der Waals surface area (Å²) in [6, 6.07) is 9.20. The van der Waals surface area contributed by atoms with Gasteiger partial charge in [-0.05, 0) is 62.1 Å². The van der Waals surface area contributed by atoms with E-state index in [1.54, 1.807) is 6.07 Å². The molecule has 2 rings (SSSR count). The highest BCUT2D eigenvalue weighted by Gasteiger charge is 2.13. The molecule has 2 heteroatoms. The van der Waals surface area contributed by atoms with Gasteiger partial charge in [0.05, 0.1) is 0 Å². The summed E-state index contributed by atoms with van der Waals surface area (Å²) in [7, 11) is 0. The summed E-state index contributed by atoms with van der Waals surface area (Å²) in [5, 5.41) is 0. The van der Waals surface area contributed by atoms with Crippen LogP contribution in [0.2, 0.25) is 0 Å². The number of aryl methyl sites for hydroxylation is 3. The van der Waals surface area contributed by atoms with Crippen LogP contribution < -0.4 is 5.73 Å². The summed E-state index contributed by atoms with van der Waals surface area (Å²) in [6.45, 7) is 8.00. The van der Waals surface area contributed by atoms with Crippen molar-refractivity contribution >= 4 is 0 Å². The van der Waals surface area contributed by atoms with Gasteiger partial charge in [0, 0.05) is 11.6 Å². The lowest BCUT2D eigenvalue weighted by molar-refractivity contribution is 0.629. The monoisotopic (exact) mass is 257 g/mol. The van der Waals surface area contributed by atoms with Gasteiger partial charge in [-0.25, -0.2) is 4.39 Å². The molecular weight excluding hydrogens is 237 g/mol. The van der Waals surface area contributed by atoms with Crippen molar-refractivity contribution in [3.63, 3.8) is 0 Å². The fraction of sp³-hybridized carbons (Fsp3) is 0.294. The molecule has 100 valence electrons. The van der Waals surface area contributed by atoms with E-state index >= 15 is 0 Å². The SMILES string of the molecule is Cc1cc(C)c(-c2cc(C(C)N)ccc2F)c(C)c1. The molecule has 2 aromatic carbocycles. The molecule has 0 aromatic heterocycles. The van der Waals surface area contributed by atoms with Crippen molar-refractivity contribution in [2.45, 2.75) is 33.7 Å². The van der Waals surface area contributed by atoms with Crippen molar-refractivity contribution in [3.05, 3.63) is 58.4 Å². The molecule has 0 aliphatic rings. The summed E-state index contributed by atoms with van der Waals surface area (Å²) in [5.41, 5.74) is 11.9. The van der Waals surface area contributed by atoms with Crippen LogP contribution in [-0.4, -0.2) is 0 Å². The molecule has 1 nitrogen and oxygen atoms in total. The Hall–Kier alpha value is -1.67. The standard InChI is InChI=1S/C17H20FN/c1-10-7-11(2)17(12(3)8-10)15-9-14(13(4)19)5-6-16(15)18/h5-9,13H,19H2,1-4H3. The third-order valence-electron chi connectivity index (χ3n) is 3.46. The van der Waals surface area contributed by atoms with Gasteiger partial charge < -0.3 is 5.73 Å². The van der Waals surface area contributed by atoms with E-state index in [9.17, 15) is 4.39 Å². The smallest absolute Gasteiger partial charge is 0.131 e. The number of benzene rings is 2. The molecule has 0 radical (unpaired) electrons. The Kier molecular flexibility index (Phi) is 3.72. The minimum Gasteiger partial charge on any atom is -0.324 e. The molecule has 0 aliphatic heterocycles. The van der Waals surface area contributed by atoms with Crippen LogP contribution in [0.4, 0.5) is 4.39 Å². The van der Waals surface area contributed by atoms with Gasteiger partial charge in [-0.3, -0.25) is 0 Å². The van der Waals surface area contributed by atoms with Crippen LogP contribution in [0.5, 0.6) is 0 Å². The first-order valence-corrected chi connectivity index (χ1v) is 6.53. The molecule has 1 unspecified atom stereocenters. The molecule has 0 saturated carbocycles. The first-order valence-electron chi connectivity index (χ1n) is 6.53. The first kappa shape index (κ1) is 13.8. The Labute approximate surface area is 114 Å². The lowest BCUT2D eigenvalue weighted by Crippen LogP contribution is -2.05. The molecule has 2 aromatic rings. The quantitative estimate of drug-likeness (QED) is 0.845. The Morgan fingerprint density at radius 3 is 2.11 bits per heavy atom.